The number of amides is 2. The molecule has 0 heterocycles. The number of hydrogen-bond acceptors (Lipinski definition) is 2. The molecule has 0 aliphatic rings. The van der Waals surface area contributed by atoms with Crippen molar-refractivity contribution in [3.63, 3.8) is 0 Å². The lowest BCUT2D eigenvalue weighted by Crippen LogP contribution is -2.33. The van der Waals surface area contributed by atoms with Gasteiger partial charge >= 0.3 is 0 Å². The summed E-state index contributed by atoms with van der Waals surface area (Å²) in [5.74, 6) is 2.19. The molecule has 1 aromatic carbocycles. The second-order valence-electron chi connectivity index (χ2n) is 6.31. The zero-order valence-corrected chi connectivity index (χ0v) is 15.8. The predicted molar refractivity (Wildman–Crippen MR) is 102 cm³/mol. The van der Waals surface area contributed by atoms with Gasteiger partial charge in [0.15, 0.2) is 0 Å². The molecule has 0 aliphatic carbocycles. The van der Waals surface area contributed by atoms with Gasteiger partial charge in [0.25, 0.3) is 0 Å². The van der Waals surface area contributed by atoms with Crippen LogP contribution in [0.3, 0.4) is 0 Å². The van der Waals surface area contributed by atoms with Crippen LogP contribution in [0, 0.1) is 18.2 Å². The molecule has 0 atom stereocenters. The fraction of sp³-hybridized carbons (Fsp3) is 0.524. The SMILES string of the molecule is C#CCN(Cc1ccc(F)cc1)C(=O)CCCC(=O)N(CCC)CCC. The van der Waals surface area contributed by atoms with Crippen molar-refractivity contribution >= 4 is 11.8 Å². The standard InChI is InChI=1S/C21H29FN2O2/c1-4-14-23(15-5-2)20(25)8-7-9-21(26)24(16-6-3)17-18-10-12-19(22)13-11-18/h3,10-13H,4-5,7-9,14-17H2,1-2H3. The maximum Gasteiger partial charge on any atom is 0.223 e. The first kappa shape index (κ1) is 21.7. The Morgan fingerprint density at radius 2 is 1.54 bits per heavy atom. The highest BCUT2D eigenvalue weighted by molar-refractivity contribution is 5.79. The largest absolute Gasteiger partial charge is 0.343 e. The van der Waals surface area contributed by atoms with Gasteiger partial charge in [0.2, 0.25) is 11.8 Å². The molecule has 142 valence electrons. The van der Waals surface area contributed by atoms with Crippen molar-refractivity contribution in [1.29, 1.82) is 0 Å². The van der Waals surface area contributed by atoms with E-state index in [0.29, 0.717) is 19.4 Å². The van der Waals surface area contributed by atoms with Crippen LogP contribution < -0.4 is 0 Å². The number of carbonyl (C=O) groups excluding carboxylic acids is 2. The van der Waals surface area contributed by atoms with Gasteiger partial charge in [-0.15, -0.1) is 6.42 Å². The van der Waals surface area contributed by atoms with Gasteiger partial charge in [-0.2, -0.15) is 0 Å². The highest BCUT2D eigenvalue weighted by Gasteiger charge is 2.16. The Balaban J connectivity index is 2.52. The van der Waals surface area contributed by atoms with E-state index in [1.54, 1.807) is 17.0 Å². The van der Waals surface area contributed by atoms with Crippen molar-refractivity contribution in [3.05, 3.63) is 35.6 Å². The van der Waals surface area contributed by atoms with Crippen LogP contribution in [0.5, 0.6) is 0 Å². The summed E-state index contributed by atoms with van der Waals surface area (Å²) in [7, 11) is 0. The average molecular weight is 360 g/mol. The summed E-state index contributed by atoms with van der Waals surface area (Å²) in [4.78, 5) is 28.1. The molecule has 1 aromatic rings. The monoisotopic (exact) mass is 360 g/mol. The summed E-state index contributed by atoms with van der Waals surface area (Å²) >= 11 is 0. The molecule has 0 aromatic heterocycles. The van der Waals surface area contributed by atoms with Gasteiger partial charge in [0.05, 0.1) is 6.54 Å². The number of benzene rings is 1. The van der Waals surface area contributed by atoms with E-state index in [4.69, 9.17) is 6.42 Å². The molecule has 0 aliphatic heterocycles. The first-order chi connectivity index (χ1) is 12.5. The van der Waals surface area contributed by atoms with Crippen molar-refractivity contribution < 1.29 is 14.0 Å². The number of rotatable bonds is 11. The fourth-order valence-electron chi connectivity index (χ4n) is 2.76. The van der Waals surface area contributed by atoms with Crippen molar-refractivity contribution in [1.82, 2.24) is 9.80 Å². The molecule has 0 unspecified atom stereocenters. The van der Waals surface area contributed by atoms with E-state index in [1.165, 1.54) is 12.1 Å². The molecule has 0 fully saturated rings. The van der Waals surface area contributed by atoms with E-state index in [-0.39, 0.29) is 30.6 Å². The van der Waals surface area contributed by atoms with Crippen LogP contribution in [0.2, 0.25) is 0 Å². The van der Waals surface area contributed by atoms with Crippen LogP contribution in [0.4, 0.5) is 4.39 Å². The van der Waals surface area contributed by atoms with E-state index < -0.39 is 0 Å². The molecule has 0 N–H and O–H groups in total. The Bertz CT molecular complexity index is 601. The highest BCUT2D eigenvalue weighted by Crippen LogP contribution is 2.10. The molecule has 1 rings (SSSR count). The van der Waals surface area contributed by atoms with Gasteiger partial charge in [-0.25, -0.2) is 4.39 Å². The third-order valence-electron chi connectivity index (χ3n) is 4.04. The average Bonchev–Trinajstić information content (AvgIpc) is 2.62. The predicted octanol–water partition coefficient (Wildman–Crippen LogP) is 3.61. The van der Waals surface area contributed by atoms with E-state index in [9.17, 15) is 14.0 Å². The smallest absolute Gasteiger partial charge is 0.223 e. The van der Waals surface area contributed by atoms with Crippen LogP contribution in [0.15, 0.2) is 24.3 Å². The van der Waals surface area contributed by atoms with Gasteiger partial charge in [0.1, 0.15) is 5.82 Å². The van der Waals surface area contributed by atoms with Gasteiger partial charge in [0, 0.05) is 32.5 Å². The van der Waals surface area contributed by atoms with Crippen LogP contribution in [0.1, 0.15) is 51.5 Å². The molecule has 0 spiro atoms. The third-order valence-corrected chi connectivity index (χ3v) is 4.04. The van der Waals surface area contributed by atoms with Crippen LogP contribution in [0.25, 0.3) is 0 Å². The van der Waals surface area contributed by atoms with Gasteiger partial charge < -0.3 is 9.80 Å². The topological polar surface area (TPSA) is 40.6 Å². The fourth-order valence-corrected chi connectivity index (χ4v) is 2.76. The molecule has 0 radical (unpaired) electrons. The number of halogens is 1. The van der Waals surface area contributed by atoms with Crippen molar-refractivity contribution in [3.8, 4) is 12.3 Å². The molecule has 5 heteroatoms. The first-order valence-electron chi connectivity index (χ1n) is 9.25. The lowest BCUT2D eigenvalue weighted by atomic mass is 10.1. The van der Waals surface area contributed by atoms with E-state index >= 15 is 0 Å². The number of carbonyl (C=O) groups is 2. The molecule has 4 nitrogen and oxygen atoms in total. The van der Waals surface area contributed by atoms with Crippen LogP contribution >= 0.6 is 0 Å². The van der Waals surface area contributed by atoms with Crippen molar-refractivity contribution in [2.45, 2.75) is 52.5 Å². The zero-order valence-electron chi connectivity index (χ0n) is 15.8. The number of hydrogen-bond donors (Lipinski definition) is 0. The summed E-state index contributed by atoms with van der Waals surface area (Å²) in [6, 6.07) is 6.01. The Morgan fingerprint density at radius 1 is 1.00 bits per heavy atom. The molecule has 2 amide bonds. The molecule has 0 bridgehead atoms. The van der Waals surface area contributed by atoms with Crippen LogP contribution in [-0.4, -0.2) is 41.2 Å². The summed E-state index contributed by atoms with van der Waals surface area (Å²) < 4.78 is 13.0. The summed E-state index contributed by atoms with van der Waals surface area (Å²) in [6.45, 7) is 6.15. The molecule has 0 saturated heterocycles. The maximum absolute atomic E-state index is 13.0. The molecule has 0 saturated carbocycles. The highest BCUT2D eigenvalue weighted by atomic mass is 19.1. The van der Waals surface area contributed by atoms with Gasteiger partial charge in [-0.3, -0.25) is 9.59 Å². The summed E-state index contributed by atoms with van der Waals surface area (Å²) in [5.41, 5.74) is 0.822. The van der Waals surface area contributed by atoms with Crippen molar-refractivity contribution in [2.24, 2.45) is 0 Å². The van der Waals surface area contributed by atoms with Gasteiger partial charge in [-0.05, 0) is 37.0 Å². The zero-order chi connectivity index (χ0) is 19.4. The second kappa shape index (κ2) is 12.1. The van der Waals surface area contributed by atoms with E-state index in [2.05, 4.69) is 5.92 Å². The summed E-state index contributed by atoms with van der Waals surface area (Å²) in [5, 5.41) is 0. The Morgan fingerprint density at radius 3 is 2.04 bits per heavy atom. The van der Waals surface area contributed by atoms with Crippen molar-refractivity contribution in [2.75, 3.05) is 19.6 Å². The first-order valence-corrected chi connectivity index (χ1v) is 9.25. The molecule has 26 heavy (non-hydrogen) atoms. The van der Waals surface area contributed by atoms with Gasteiger partial charge in [-0.1, -0.05) is 31.9 Å². The molecular weight excluding hydrogens is 331 g/mol. The minimum Gasteiger partial charge on any atom is -0.343 e. The number of terminal acetylenes is 1. The Kier molecular flexibility index (Phi) is 10.1. The lowest BCUT2D eigenvalue weighted by molar-refractivity contribution is -0.132. The van der Waals surface area contributed by atoms with E-state index in [1.807, 2.05) is 18.7 Å². The molecular formula is C21H29FN2O2. The minimum absolute atomic E-state index is 0.0855. The lowest BCUT2D eigenvalue weighted by Gasteiger charge is -2.22. The summed E-state index contributed by atoms with van der Waals surface area (Å²) in [6.07, 6.45) is 8.37. The number of nitrogens with zero attached hydrogens (tertiary/aromatic N) is 2. The maximum atomic E-state index is 13.0. The quantitative estimate of drug-likeness (QED) is 0.566. The minimum atomic E-state index is -0.314. The van der Waals surface area contributed by atoms with E-state index in [0.717, 1.165) is 31.5 Å². The Hall–Kier alpha value is -2.35. The Labute approximate surface area is 156 Å². The normalized spacial score (nSPS) is 10.2. The third kappa shape index (κ3) is 7.69. The second-order valence-corrected chi connectivity index (χ2v) is 6.31. The van der Waals surface area contributed by atoms with Crippen LogP contribution in [-0.2, 0) is 16.1 Å².